The molecule has 0 aliphatic carbocycles. The number of aliphatic carboxylic acids is 1. The van der Waals surface area contributed by atoms with E-state index < -0.39 is 36.3 Å². The number of esters is 2. The molecule has 0 fully saturated rings. The molecule has 0 saturated heterocycles. The van der Waals surface area contributed by atoms with Gasteiger partial charge < -0.3 is 19.9 Å². The van der Waals surface area contributed by atoms with Crippen LogP contribution in [-0.2, 0) is 19.1 Å². The number of carboxylic acid groups (broad SMARTS) is 1. The van der Waals surface area contributed by atoms with Gasteiger partial charge in [-0.05, 0) is 25.1 Å². The van der Waals surface area contributed by atoms with Crippen molar-refractivity contribution in [3.05, 3.63) is 35.4 Å². The van der Waals surface area contributed by atoms with Gasteiger partial charge in [-0.15, -0.1) is 0 Å². The van der Waals surface area contributed by atoms with Gasteiger partial charge >= 0.3 is 17.9 Å². The lowest BCUT2D eigenvalue weighted by molar-refractivity contribution is -0.149. The minimum Gasteiger partial charge on any atom is -0.480 e. The fourth-order valence-corrected chi connectivity index (χ4v) is 1.73. The number of benzene rings is 1. The van der Waals surface area contributed by atoms with Crippen LogP contribution in [0.1, 0.15) is 34.1 Å². The van der Waals surface area contributed by atoms with E-state index in [4.69, 9.17) is 5.11 Å². The second kappa shape index (κ2) is 8.52. The molecule has 1 aromatic carbocycles. The first kappa shape index (κ1) is 18.1. The van der Waals surface area contributed by atoms with E-state index in [0.29, 0.717) is 0 Å². The summed E-state index contributed by atoms with van der Waals surface area (Å²) in [7, 11) is 1.20. The van der Waals surface area contributed by atoms with Gasteiger partial charge in [0.25, 0.3) is 5.91 Å². The highest BCUT2D eigenvalue weighted by Crippen LogP contribution is 2.08. The third-order valence-corrected chi connectivity index (χ3v) is 2.83. The van der Waals surface area contributed by atoms with Crippen molar-refractivity contribution in [3.8, 4) is 0 Å². The van der Waals surface area contributed by atoms with Crippen LogP contribution < -0.4 is 5.32 Å². The maximum Gasteiger partial charge on any atom is 0.337 e. The van der Waals surface area contributed by atoms with Crippen molar-refractivity contribution < 1.29 is 33.8 Å². The van der Waals surface area contributed by atoms with Gasteiger partial charge in [-0.2, -0.15) is 0 Å². The van der Waals surface area contributed by atoms with Crippen LogP contribution in [0.4, 0.5) is 0 Å². The second-order valence-corrected chi connectivity index (χ2v) is 4.45. The average molecular weight is 323 g/mol. The van der Waals surface area contributed by atoms with Crippen LogP contribution in [0.5, 0.6) is 0 Å². The molecule has 0 spiro atoms. The number of hydrogen-bond acceptors (Lipinski definition) is 6. The molecular weight excluding hydrogens is 306 g/mol. The largest absolute Gasteiger partial charge is 0.480 e. The van der Waals surface area contributed by atoms with E-state index in [1.807, 2.05) is 0 Å². The monoisotopic (exact) mass is 323 g/mol. The molecule has 0 aromatic heterocycles. The van der Waals surface area contributed by atoms with E-state index in [-0.39, 0.29) is 17.7 Å². The van der Waals surface area contributed by atoms with Gasteiger partial charge in [0.1, 0.15) is 6.04 Å². The molecule has 1 rings (SSSR count). The highest BCUT2D eigenvalue weighted by atomic mass is 16.5. The Hall–Kier alpha value is -2.90. The van der Waals surface area contributed by atoms with Crippen molar-refractivity contribution in [2.24, 2.45) is 0 Å². The van der Waals surface area contributed by atoms with Crippen LogP contribution >= 0.6 is 0 Å². The molecule has 0 aliphatic rings. The summed E-state index contributed by atoms with van der Waals surface area (Å²) in [6.45, 7) is 1.70. The number of methoxy groups -OCH3 is 1. The van der Waals surface area contributed by atoms with E-state index in [1.165, 1.54) is 31.4 Å². The van der Waals surface area contributed by atoms with E-state index in [1.54, 1.807) is 6.92 Å². The molecule has 1 amide bonds. The Balaban J connectivity index is 2.85. The minimum atomic E-state index is -1.43. The Morgan fingerprint density at radius 3 is 2.43 bits per heavy atom. The van der Waals surface area contributed by atoms with Crippen molar-refractivity contribution in [2.75, 3.05) is 13.7 Å². The summed E-state index contributed by atoms with van der Waals surface area (Å²) in [5, 5.41) is 11.3. The minimum absolute atomic E-state index is 0.0722. The summed E-state index contributed by atoms with van der Waals surface area (Å²) < 4.78 is 9.20. The fraction of sp³-hybridized carbons (Fsp3) is 0.333. The molecular formula is C15H17NO7. The predicted molar refractivity (Wildman–Crippen MR) is 77.9 cm³/mol. The zero-order chi connectivity index (χ0) is 17.4. The van der Waals surface area contributed by atoms with E-state index in [0.717, 1.165) is 0 Å². The van der Waals surface area contributed by atoms with Crippen LogP contribution in [0.2, 0.25) is 0 Å². The van der Waals surface area contributed by atoms with Crippen LogP contribution in [-0.4, -0.2) is 48.7 Å². The first-order chi connectivity index (χ1) is 10.9. The highest BCUT2D eigenvalue weighted by molar-refractivity contribution is 5.99. The Bertz CT molecular complexity index is 612. The summed E-state index contributed by atoms with van der Waals surface area (Å²) in [6.07, 6.45) is -0.494. The number of rotatable bonds is 7. The lowest BCUT2D eigenvalue weighted by Crippen LogP contribution is -2.42. The van der Waals surface area contributed by atoms with Gasteiger partial charge in [0.2, 0.25) is 0 Å². The van der Waals surface area contributed by atoms with Gasteiger partial charge in [0.15, 0.2) is 0 Å². The van der Waals surface area contributed by atoms with Gasteiger partial charge in [0, 0.05) is 5.56 Å². The molecule has 0 bridgehead atoms. The number of carbonyl (C=O) groups excluding carboxylic acids is 3. The second-order valence-electron chi connectivity index (χ2n) is 4.45. The number of amides is 1. The molecule has 1 aromatic rings. The van der Waals surface area contributed by atoms with Crippen LogP contribution in [0.3, 0.4) is 0 Å². The Morgan fingerprint density at radius 2 is 1.87 bits per heavy atom. The number of nitrogens with one attached hydrogen (secondary N) is 1. The summed E-state index contributed by atoms with van der Waals surface area (Å²) in [5.41, 5.74) is 0.223. The number of carboxylic acids is 1. The topological polar surface area (TPSA) is 119 Å². The first-order valence-electron chi connectivity index (χ1n) is 6.76. The standard InChI is InChI=1S/C15H17NO7/c1-3-23-12(17)8-11(14(19)20)16-13(18)9-5-4-6-10(7-9)15(21)22-2/h4-7,11H,3,8H2,1-2H3,(H,16,18)(H,19,20)/t11-/m1/s1. The van der Waals surface area contributed by atoms with Gasteiger partial charge in [-0.1, -0.05) is 6.07 Å². The Morgan fingerprint density at radius 1 is 1.22 bits per heavy atom. The Kier molecular flexibility index (Phi) is 6.72. The smallest absolute Gasteiger partial charge is 0.337 e. The molecule has 8 nitrogen and oxygen atoms in total. The third kappa shape index (κ3) is 5.42. The molecule has 0 aliphatic heterocycles. The number of ether oxygens (including phenoxy) is 2. The maximum atomic E-state index is 12.1. The SMILES string of the molecule is CCOC(=O)C[C@@H](NC(=O)c1cccc(C(=O)OC)c1)C(=O)O. The summed E-state index contributed by atoms with van der Waals surface area (Å²) in [5.74, 6) is -3.45. The fourth-order valence-electron chi connectivity index (χ4n) is 1.73. The number of carbonyl (C=O) groups is 4. The summed E-state index contributed by atoms with van der Waals surface area (Å²) in [4.78, 5) is 46.0. The third-order valence-electron chi connectivity index (χ3n) is 2.83. The van der Waals surface area contributed by atoms with Crippen LogP contribution in [0.25, 0.3) is 0 Å². The zero-order valence-electron chi connectivity index (χ0n) is 12.7. The van der Waals surface area contributed by atoms with E-state index in [9.17, 15) is 19.2 Å². The van der Waals surface area contributed by atoms with Gasteiger partial charge in [-0.25, -0.2) is 9.59 Å². The van der Waals surface area contributed by atoms with Crippen molar-refractivity contribution in [2.45, 2.75) is 19.4 Å². The van der Waals surface area contributed by atoms with Crippen molar-refractivity contribution in [1.82, 2.24) is 5.32 Å². The molecule has 23 heavy (non-hydrogen) atoms. The lowest BCUT2D eigenvalue weighted by atomic mass is 10.1. The summed E-state index contributed by atoms with van der Waals surface area (Å²) in [6, 6.07) is 4.16. The lowest BCUT2D eigenvalue weighted by Gasteiger charge is -2.14. The van der Waals surface area contributed by atoms with Crippen molar-refractivity contribution in [3.63, 3.8) is 0 Å². The van der Waals surface area contributed by atoms with Crippen molar-refractivity contribution >= 4 is 23.8 Å². The molecule has 124 valence electrons. The highest BCUT2D eigenvalue weighted by Gasteiger charge is 2.24. The first-order valence-corrected chi connectivity index (χ1v) is 6.76. The van der Waals surface area contributed by atoms with E-state index >= 15 is 0 Å². The zero-order valence-corrected chi connectivity index (χ0v) is 12.7. The van der Waals surface area contributed by atoms with Crippen molar-refractivity contribution in [1.29, 1.82) is 0 Å². The van der Waals surface area contributed by atoms with Crippen LogP contribution in [0.15, 0.2) is 24.3 Å². The normalized spacial score (nSPS) is 11.2. The molecule has 1 atom stereocenters. The molecule has 8 heteroatoms. The molecule has 0 saturated carbocycles. The maximum absolute atomic E-state index is 12.1. The van der Waals surface area contributed by atoms with Crippen LogP contribution in [0, 0.1) is 0 Å². The van der Waals surface area contributed by atoms with Gasteiger partial charge in [0.05, 0.1) is 25.7 Å². The predicted octanol–water partition coefficient (Wildman–Crippen LogP) is 0.609. The molecule has 0 radical (unpaired) electrons. The summed E-state index contributed by atoms with van der Waals surface area (Å²) >= 11 is 0. The van der Waals surface area contributed by atoms with E-state index in [2.05, 4.69) is 14.8 Å². The molecule has 2 N–H and O–H groups in total. The molecule has 0 unspecified atom stereocenters. The quantitative estimate of drug-likeness (QED) is 0.705. The molecule has 0 heterocycles. The Labute approximate surface area is 132 Å². The average Bonchev–Trinajstić information content (AvgIpc) is 2.53. The van der Waals surface area contributed by atoms with Gasteiger partial charge in [-0.3, -0.25) is 9.59 Å². The number of hydrogen-bond donors (Lipinski definition) is 2.